The zero-order chi connectivity index (χ0) is 6.97. The van der Waals surface area contributed by atoms with Gasteiger partial charge in [0.15, 0.2) is 0 Å². The van der Waals surface area contributed by atoms with Gasteiger partial charge in [0.2, 0.25) is 0 Å². The van der Waals surface area contributed by atoms with E-state index in [-0.39, 0.29) is 0 Å². The summed E-state index contributed by atoms with van der Waals surface area (Å²) in [5.41, 5.74) is 10.0. The zero-order valence-corrected chi connectivity index (χ0v) is 6.19. The third kappa shape index (κ3) is 0.859. The lowest BCUT2D eigenvalue weighted by atomic mass is 9.98. The fourth-order valence-corrected chi connectivity index (χ4v) is 1.88. The molecule has 0 aromatic rings. The summed E-state index contributed by atoms with van der Waals surface area (Å²) in [6.45, 7) is 0. The minimum Gasteiger partial charge on any atom is -0.402 e. The lowest BCUT2D eigenvalue weighted by Crippen LogP contribution is -2.02. The molecule has 54 valence electrons. The van der Waals surface area contributed by atoms with E-state index in [0.29, 0.717) is 0 Å². The molecule has 0 spiro atoms. The first kappa shape index (κ1) is 6.02. The first-order valence-corrected chi connectivity index (χ1v) is 4.03. The highest BCUT2D eigenvalue weighted by molar-refractivity contribution is 5.35. The second-order valence-corrected chi connectivity index (χ2v) is 3.20. The summed E-state index contributed by atoms with van der Waals surface area (Å²) in [6.07, 6.45) is 8.48. The van der Waals surface area contributed by atoms with Crippen LogP contribution >= 0.6 is 0 Å². The van der Waals surface area contributed by atoms with Crippen molar-refractivity contribution in [1.82, 2.24) is 0 Å². The van der Waals surface area contributed by atoms with Crippen molar-refractivity contribution < 1.29 is 0 Å². The van der Waals surface area contributed by atoms with Crippen molar-refractivity contribution in [2.75, 3.05) is 0 Å². The summed E-state index contributed by atoms with van der Waals surface area (Å²) < 4.78 is 0. The molecule has 0 saturated carbocycles. The van der Waals surface area contributed by atoms with E-state index in [1.165, 1.54) is 25.7 Å². The Bertz CT molecular complexity index is 211. The SMILES string of the molecule is NC1=CC2=C(CCC2)CC1. The monoisotopic (exact) mass is 135 g/mol. The molecule has 2 N–H and O–H groups in total. The highest BCUT2D eigenvalue weighted by Crippen LogP contribution is 2.34. The second-order valence-electron chi connectivity index (χ2n) is 3.20. The van der Waals surface area contributed by atoms with E-state index in [1.807, 2.05) is 0 Å². The molecule has 0 aliphatic heterocycles. The van der Waals surface area contributed by atoms with Gasteiger partial charge in [-0.2, -0.15) is 0 Å². The van der Waals surface area contributed by atoms with E-state index in [4.69, 9.17) is 5.73 Å². The topological polar surface area (TPSA) is 26.0 Å². The Hall–Kier alpha value is -0.720. The first-order valence-electron chi connectivity index (χ1n) is 4.03. The average Bonchev–Trinajstić information content (AvgIpc) is 2.33. The van der Waals surface area contributed by atoms with Crippen LogP contribution in [0.25, 0.3) is 0 Å². The molecule has 1 heteroatoms. The standard InChI is InChI=1S/C9H13N/c10-9-5-4-7-2-1-3-8(7)6-9/h6H,1-5,10H2. The summed E-state index contributed by atoms with van der Waals surface area (Å²) >= 11 is 0. The average molecular weight is 135 g/mol. The maximum absolute atomic E-state index is 5.72. The molecule has 10 heavy (non-hydrogen) atoms. The maximum Gasteiger partial charge on any atom is 0.00864 e. The molecule has 2 rings (SSSR count). The Balaban J connectivity index is 2.29. The van der Waals surface area contributed by atoms with E-state index in [0.717, 1.165) is 12.1 Å². The highest BCUT2D eigenvalue weighted by atomic mass is 14.6. The summed E-state index contributed by atoms with van der Waals surface area (Å²) in [6, 6.07) is 0. The van der Waals surface area contributed by atoms with E-state index >= 15 is 0 Å². The molecular formula is C9H13N. The largest absolute Gasteiger partial charge is 0.402 e. The molecular weight excluding hydrogens is 122 g/mol. The molecule has 0 aromatic heterocycles. The van der Waals surface area contributed by atoms with Gasteiger partial charge in [0.25, 0.3) is 0 Å². The van der Waals surface area contributed by atoms with Crippen molar-refractivity contribution in [3.8, 4) is 0 Å². The van der Waals surface area contributed by atoms with E-state index in [9.17, 15) is 0 Å². The van der Waals surface area contributed by atoms with Crippen LogP contribution in [0.2, 0.25) is 0 Å². The molecule has 0 heterocycles. The molecule has 0 saturated heterocycles. The van der Waals surface area contributed by atoms with Crippen LogP contribution in [0.15, 0.2) is 22.9 Å². The fourth-order valence-electron chi connectivity index (χ4n) is 1.88. The van der Waals surface area contributed by atoms with Gasteiger partial charge in [-0.25, -0.2) is 0 Å². The smallest absolute Gasteiger partial charge is 0.00864 e. The van der Waals surface area contributed by atoms with Crippen molar-refractivity contribution in [2.45, 2.75) is 32.1 Å². The van der Waals surface area contributed by atoms with Gasteiger partial charge in [-0.3, -0.25) is 0 Å². The van der Waals surface area contributed by atoms with Crippen molar-refractivity contribution >= 4 is 0 Å². The minimum absolute atomic E-state index is 1.08. The fraction of sp³-hybridized carbons (Fsp3) is 0.556. The van der Waals surface area contributed by atoms with Crippen LogP contribution < -0.4 is 5.73 Å². The van der Waals surface area contributed by atoms with Gasteiger partial charge in [-0.15, -0.1) is 0 Å². The van der Waals surface area contributed by atoms with Crippen molar-refractivity contribution in [3.63, 3.8) is 0 Å². The quantitative estimate of drug-likeness (QED) is 0.541. The summed E-state index contributed by atoms with van der Waals surface area (Å²) in [5, 5.41) is 0. The van der Waals surface area contributed by atoms with Crippen LogP contribution in [0.1, 0.15) is 32.1 Å². The van der Waals surface area contributed by atoms with Gasteiger partial charge in [-0.1, -0.05) is 5.57 Å². The Morgan fingerprint density at radius 3 is 2.90 bits per heavy atom. The predicted octanol–water partition coefficient (Wildman–Crippen LogP) is 2.10. The Kier molecular flexibility index (Phi) is 1.30. The van der Waals surface area contributed by atoms with Gasteiger partial charge in [-0.05, 0) is 43.8 Å². The van der Waals surface area contributed by atoms with Gasteiger partial charge < -0.3 is 5.73 Å². The van der Waals surface area contributed by atoms with Crippen LogP contribution in [0, 0.1) is 0 Å². The van der Waals surface area contributed by atoms with E-state index in [1.54, 1.807) is 11.1 Å². The molecule has 2 aliphatic rings. The van der Waals surface area contributed by atoms with Gasteiger partial charge >= 0.3 is 0 Å². The molecule has 0 unspecified atom stereocenters. The zero-order valence-electron chi connectivity index (χ0n) is 6.19. The van der Waals surface area contributed by atoms with Crippen molar-refractivity contribution in [3.05, 3.63) is 22.9 Å². The molecule has 0 bridgehead atoms. The number of nitrogens with two attached hydrogens (primary N) is 1. The van der Waals surface area contributed by atoms with Gasteiger partial charge in [0.05, 0.1) is 0 Å². The van der Waals surface area contributed by atoms with Crippen molar-refractivity contribution in [1.29, 1.82) is 0 Å². The number of rotatable bonds is 0. The Morgan fingerprint density at radius 1 is 1.10 bits per heavy atom. The predicted molar refractivity (Wildman–Crippen MR) is 42.4 cm³/mol. The second kappa shape index (κ2) is 2.15. The molecule has 0 aromatic carbocycles. The number of hydrogen-bond donors (Lipinski definition) is 1. The molecule has 0 radical (unpaired) electrons. The Labute approximate surface area is 61.6 Å². The molecule has 0 fully saturated rings. The first-order chi connectivity index (χ1) is 4.86. The number of hydrogen-bond acceptors (Lipinski definition) is 1. The molecule has 0 atom stereocenters. The van der Waals surface area contributed by atoms with Gasteiger partial charge in [0, 0.05) is 5.70 Å². The minimum atomic E-state index is 1.08. The van der Waals surface area contributed by atoms with Crippen LogP contribution in [-0.4, -0.2) is 0 Å². The van der Waals surface area contributed by atoms with Gasteiger partial charge in [0.1, 0.15) is 0 Å². The lowest BCUT2D eigenvalue weighted by molar-refractivity contribution is 0.835. The summed E-state index contributed by atoms with van der Waals surface area (Å²) in [7, 11) is 0. The molecule has 0 amide bonds. The lowest BCUT2D eigenvalue weighted by Gasteiger charge is -2.11. The third-order valence-electron chi connectivity index (χ3n) is 2.45. The van der Waals surface area contributed by atoms with Crippen LogP contribution in [0.4, 0.5) is 0 Å². The normalized spacial score (nSPS) is 24.6. The number of allylic oxidation sites excluding steroid dienone is 4. The van der Waals surface area contributed by atoms with E-state index in [2.05, 4.69) is 6.08 Å². The summed E-state index contributed by atoms with van der Waals surface area (Å²) in [4.78, 5) is 0. The molecule has 2 aliphatic carbocycles. The third-order valence-corrected chi connectivity index (χ3v) is 2.45. The molecule has 1 nitrogen and oxygen atoms in total. The highest BCUT2D eigenvalue weighted by Gasteiger charge is 2.16. The van der Waals surface area contributed by atoms with Crippen LogP contribution in [-0.2, 0) is 0 Å². The maximum atomic E-state index is 5.72. The van der Waals surface area contributed by atoms with Crippen molar-refractivity contribution in [2.24, 2.45) is 5.73 Å². The van der Waals surface area contributed by atoms with E-state index < -0.39 is 0 Å². The Morgan fingerprint density at radius 2 is 2.00 bits per heavy atom. The summed E-state index contributed by atoms with van der Waals surface area (Å²) in [5.74, 6) is 0. The van der Waals surface area contributed by atoms with Crippen LogP contribution in [0.3, 0.4) is 0 Å². The van der Waals surface area contributed by atoms with Crippen LogP contribution in [0.5, 0.6) is 0 Å².